The van der Waals surface area contributed by atoms with Crippen LogP contribution in [0.1, 0.15) is 19.3 Å². The zero-order chi connectivity index (χ0) is 8.01. The number of carboxylic acids is 1. The van der Waals surface area contributed by atoms with Crippen molar-refractivity contribution in [1.29, 1.82) is 0 Å². The van der Waals surface area contributed by atoms with Gasteiger partial charge in [-0.2, -0.15) is 0 Å². The Kier molecular flexibility index (Phi) is 1.28. The lowest BCUT2D eigenvalue weighted by atomic mass is 9.88. The van der Waals surface area contributed by atoms with Crippen LogP contribution in [-0.2, 0) is 9.59 Å². The molecule has 2 aliphatic rings. The largest absolute Gasteiger partial charge is 0.481 e. The molecule has 2 aliphatic carbocycles. The molecule has 3 nitrogen and oxygen atoms in total. The van der Waals surface area contributed by atoms with Crippen LogP contribution in [0.2, 0.25) is 0 Å². The van der Waals surface area contributed by atoms with Crippen molar-refractivity contribution in [2.45, 2.75) is 19.3 Å². The highest BCUT2D eigenvalue weighted by Crippen LogP contribution is 2.45. The van der Waals surface area contributed by atoms with Gasteiger partial charge < -0.3 is 5.11 Å². The van der Waals surface area contributed by atoms with E-state index in [-0.39, 0.29) is 17.6 Å². The SMILES string of the molecule is O=C(O)[C@H]1C(=O)[C@H]2CC[C@@H]1C2. The van der Waals surface area contributed by atoms with E-state index in [0.717, 1.165) is 19.3 Å². The maximum Gasteiger partial charge on any atom is 0.314 e. The predicted octanol–water partition coefficient (Wildman–Crippen LogP) is 0.686. The molecule has 11 heavy (non-hydrogen) atoms. The number of carbonyl (C=O) groups excluding carboxylic acids is 1. The van der Waals surface area contributed by atoms with Gasteiger partial charge in [0.15, 0.2) is 0 Å². The van der Waals surface area contributed by atoms with Crippen molar-refractivity contribution in [1.82, 2.24) is 0 Å². The molecule has 0 aromatic rings. The molecule has 0 aromatic heterocycles. The number of fused-ring (bicyclic) bond motifs is 2. The number of carboxylic acid groups (broad SMARTS) is 1. The fourth-order valence-corrected chi connectivity index (χ4v) is 2.39. The molecule has 0 spiro atoms. The molecular weight excluding hydrogens is 144 g/mol. The van der Waals surface area contributed by atoms with Gasteiger partial charge in [-0.25, -0.2) is 0 Å². The van der Waals surface area contributed by atoms with Gasteiger partial charge in [0.25, 0.3) is 0 Å². The van der Waals surface area contributed by atoms with E-state index in [1.165, 1.54) is 0 Å². The second kappa shape index (κ2) is 2.06. The third kappa shape index (κ3) is 0.800. The Bertz CT molecular complexity index is 221. The molecule has 3 heteroatoms. The van der Waals surface area contributed by atoms with Crippen molar-refractivity contribution < 1.29 is 14.7 Å². The Labute approximate surface area is 64.4 Å². The van der Waals surface area contributed by atoms with Gasteiger partial charge in [-0.15, -0.1) is 0 Å². The lowest BCUT2D eigenvalue weighted by Gasteiger charge is -2.15. The molecule has 0 aromatic carbocycles. The first-order valence-corrected chi connectivity index (χ1v) is 3.96. The Balaban J connectivity index is 2.24. The summed E-state index contributed by atoms with van der Waals surface area (Å²) in [5.41, 5.74) is 0. The summed E-state index contributed by atoms with van der Waals surface area (Å²) in [5.74, 6) is -1.35. The van der Waals surface area contributed by atoms with E-state index in [1.54, 1.807) is 0 Å². The zero-order valence-electron chi connectivity index (χ0n) is 6.12. The van der Waals surface area contributed by atoms with Gasteiger partial charge in [0.2, 0.25) is 0 Å². The first kappa shape index (κ1) is 6.83. The minimum absolute atomic E-state index is 0.0197. The lowest BCUT2D eigenvalue weighted by Crippen LogP contribution is -2.29. The van der Waals surface area contributed by atoms with E-state index < -0.39 is 11.9 Å². The number of Topliss-reactive ketones (excluding diaryl/α,β-unsaturated/α-hetero) is 1. The summed E-state index contributed by atoms with van der Waals surface area (Å²) in [5, 5.41) is 8.68. The molecule has 0 radical (unpaired) electrons. The van der Waals surface area contributed by atoms with Crippen LogP contribution in [0, 0.1) is 17.8 Å². The van der Waals surface area contributed by atoms with Gasteiger partial charge in [-0.1, -0.05) is 0 Å². The quantitative estimate of drug-likeness (QED) is 0.565. The summed E-state index contributed by atoms with van der Waals surface area (Å²) in [6.45, 7) is 0. The molecule has 0 saturated heterocycles. The van der Waals surface area contributed by atoms with Crippen molar-refractivity contribution in [3.63, 3.8) is 0 Å². The third-order valence-electron chi connectivity index (χ3n) is 2.92. The maximum absolute atomic E-state index is 11.2. The highest BCUT2D eigenvalue weighted by atomic mass is 16.4. The summed E-state index contributed by atoms with van der Waals surface area (Å²) in [4.78, 5) is 21.8. The summed E-state index contributed by atoms with van der Waals surface area (Å²) >= 11 is 0. The molecule has 2 fully saturated rings. The molecule has 0 heterocycles. The van der Waals surface area contributed by atoms with Crippen LogP contribution < -0.4 is 0 Å². The van der Waals surface area contributed by atoms with Crippen LogP contribution in [0.25, 0.3) is 0 Å². The monoisotopic (exact) mass is 154 g/mol. The molecule has 2 bridgehead atoms. The standard InChI is InChI=1S/C8H10O3/c9-7-5-2-1-4(3-5)6(7)8(10)11/h4-6H,1-3H2,(H,10,11)/t4-,5+,6-/m1/s1. The van der Waals surface area contributed by atoms with Gasteiger partial charge in [-0.05, 0) is 25.2 Å². The predicted molar refractivity (Wildman–Crippen MR) is 37.0 cm³/mol. The average molecular weight is 154 g/mol. The van der Waals surface area contributed by atoms with Gasteiger partial charge >= 0.3 is 5.97 Å². The summed E-state index contributed by atoms with van der Waals surface area (Å²) in [7, 11) is 0. The normalized spacial score (nSPS) is 41.5. The molecule has 0 unspecified atom stereocenters. The smallest absolute Gasteiger partial charge is 0.314 e. The van der Waals surface area contributed by atoms with E-state index >= 15 is 0 Å². The van der Waals surface area contributed by atoms with E-state index in [2.05, 4.69) is 0 Å². The Morgan fingerprint density at radius 1 is 1.45 bits per heavy atom. The molecule has 0 amide bonds. The molecule has 0 aliphatic heterocycles. The van der Waals surface area contributed by atoms with Gasteiger partial charge in [-0.3, -0.25) is 9.59 Å². The minimum atomic E-state index is -0.915. The Morgan fingerprint density at radius 3 is 2.55 bits per heavy atom. The van der Waals surface area contributed by atoms with Gasteiger partial charge in [0.05, 0.1) is 0 Å². The number of aliphatic carboxylic acids is 1. The second-order valence-corrected chi connectivity index (χ2v) is 3.49. The molecule has 2 rings (SSSR count). The number of ketones is 1. The molecule has 60 valence electrons. The molecular formula is C8H10O3. The van der Waals surface area contributed by atoms with Crippen LogP contribution in [0.4, 0.5) is 0 Å². The van der Waals surface area contributed by atoms with Crippen molar-refractivity contribution in [3.05, 3.63) is 0 Å². The summed E-state index contributed by atoms with van der Waals surface area (Å²) < 4.78 is 0. The van der Waals surface area contributed by atoms with Gasteiger partial charge in [0.1, 0.15) is 11.7 Å². The van der Waals surface area contributed by atoms with Gasteiger partial charge in [0, 0.05) is 5.92 Å². The molecule has 1 N–H and O–H groups in total. The first-order chi connectivity index (χ1) is 5.20. The summed E-state index contributed by atoms with van der Waals surface area (Å²) in [6.07, 6.45) is 2.69. The second-order valence-electron chi connectivity index (χ2n) is 3.49. The van der Waals surface area contributed by atoms with Crippen LogP contribution in [0.5, 0.6) is 0 Å². The van der Waals surface area contributed by atoms with E-state index in [0.29, 0.717) is 0 Å². The zero-order valence-corrected chi connectivity index (χ0v) is 6.12. The fraction of sp³-hybridized carbons (Fsp3) is 0.750. The number of hydrogen-bond acceptors (Lipinski definition) is 2. The van der Waals surface area contributed by atoms with E-state index in [4.69, 9.17) is 5.11 Å². The van der Waals surface area contributed by atoms with E-state index in [9.17, 15) is 9.59 Å². The highest BCUT2D eigenvalue weighted by Gasteiger charge is 2.50. The van der Waals surface area contributed by atoms with Crippen LogP contribution in [0.15, 0.2) is 0 Å². The molecule has 3 atom stereocenters. The van der Waals surface area contributed by atoms with Crippen LogP contribution >= 0.6 is 0 Å². The summed E-state index contributed by atoms with van der Waals surface area (Å²) in [6, 6.07) is 0. The minimum Gasteiger partial charge on any atom is -0.481 e. The Morgan fingerprint density at radius 2 is 2.18 bits per heavy atom. The topological polar surface area (TPSA) is 54.4 Å². The third-order valence-corrected chi connectivity index (χ3v) is 2.92. The first-order valence-electron chi connectivity index (χ1n) is 3.96. The van der Waals surface area contributed by atoms with Crippen molar-refractivity contribution in [2.24, 2.45) is 17.8 Å². The van der Waals surface area contributed by atoms with Crippen molar-refractivity contribution in [3.8, 4) is 0 Å². The molecule has 2 saturated carbocycles. The maximum atomic E-state index is 11.2. The fourth-order valence-electron chi connectivity index (χ4n) is 2.39. The van der Waals surface area contributed by atoms with Crippen LogP contribution in [0.3, 0.4) is 0 Å². The lowest BCUT2D eigenvalue weighted by molar-refractivity contribution is -0.148. The average Bonchev–Trinajstić information content (AvgIpc) is 2.44. The number of rotatable bonds is 1. The number of hydrogen-bond donors (Lipinski definition) is 1. The number of carbonyl (C=O) groups is 2. The van der Waals surface area contributed by atoms with Crippen LogP contribution in [-0.4, -0.2) is 16.9 Å². The van der Waals surface area contributed by atoms with Crippen molar-refractivity contribution >= 4 is 11.8 Å². The Hall–Kier alpha value is -0.860. The van der Waals surface area contributed by atoms with Crippen molar-refractivity contribution in [2.75, 3.05) is 0 Å². The van der Waals surface area contributed by atoms with E-state index in [1.807, 2.05) is 0 Å². The highest BCUT2D eigenvalue weighted by molar-refractivity contribution is 6.02.